The summed E-state index contributed by atoms with van der Waals surface area (Å²) in [5, 5.41) is 0. The Morgan fingerprint density at radius 2 is 2.00 bits per heavy atom. The van der Waals surface area contributed by atoms with E-state index in [1.54, 1.807) is 0 Å². The van der Waals surface area contributed by atoms with Gasteiger partial charge in [0, 0.05) is 25.7 Å². The van der Waals surface area contributed by atoms with Crippen molar-refractivity contribution in [3.05, 3.63) is 35.9 Å². The van der Waals surface area contributed by atoms with Crippen LogP contribution in [0.4, 0.5) is 0 Å². The highest BCUT2D eigenvalue weighted by molar-refractivity contribution is 5.13. The second kappa shape index (κ2) is 8.23. The van der Waals surface area contributed by atoms with Crippen molar-refractivity contribution in [1.29, 1.82) is 0 Å². The van der Waals surface area contributed by atoms with Crippen LogP contribution in [0.15, 0.2) is 30.3 Å². The molecule has 1 aromatic carbocycles. The molecule has 1 aromatic rings. The number of benzene rings is 1. The van der Waals surface area contributed by atoms with E-state index < -0.39 is 0 Å². The number of nitrogens with zero attached hydrogens (tertiary/aromatic N) is 1. The topological polar surface area (TPSA) is 38.5 Å². The molecule has 1 atom stereocenters. The van der Waals surface area contributed by atoms with Gasteiger partial charge < -0.3 is 15.4 Å². The van der Waals surface area contributed by atoms with E-state index in [1.165, 1.54) is 5.56 Å². The Labute approximate surface area is 105 Å². The molecule has 0 heterocycles. The fourth-order valence-corrected chi connectivity index (χ4v) is 1.58. The van der Waals surface area contributed by atoms with Crippen molar-refractivity contribution in [2.45, 2.75) is 26.0 Å². The average Bonchev–Trinajstić information content (AvgIpc) is 2.38. The van der Waals surface area contributed by atoms with E-state index in [9.17, 15) is 0 Å². The number of ether oxygens (including phenoxy) is 1. The Morgan fingerprint density at radius 3 is 2.65 bits per heavy atom. The van der Waals surface area contributed by atoms with Gasteiger partial charge in [0.1, 0.15) is 0 Å². The van der Waals surface area contributed by atoms with E-state index in [-0.39, 0.29) is 0 Å². The summed E-state index contributed by atoms with van der Waals surface area (Å²) in [4.78, 5) is 2.27. The summed E-state index contributed by atoms with van der Waals surface area (Å²) in [5.41, 5.74) is 6.84. The normalized spacial score (nSPS) is 12.9. The second-order valence-electron chi connectivity index (χ2n) is 4.46. The molecule has 3 heteroatoms. The van der Waals surface area contributed by atoms with Gasteiger partial charge in [-0.05, 0) is 26.0 Å². The summed E-state index contributed by atoms with van der Waals surface area (Å²) in [7, 11) is 2.11. The van der Waals surface area contributed by atoms with Gasteiger partial charge in [-0.3, -0.25) is 0 Å². The highest BCUT2D eigenvalue weighted by Gasteiger charge is 2.05. The molecule has 0 aliphatic heterocycles. The number of hydrogen-bond donors (Lipinski definition) is 1. The number of rotatable bonds is 8. The molecule has 0 amide bonds. The third-order valence-corrected chi connectivity index (χ3v) is 3.00. The van der Waals surface area contributed by atoms with Crippen molar-refractivity contribution in [1.82, 2.24) is 4.90 Å². The van der Waals surface area contributed by atoms with Crippen molar-refractivity contribution in [2.24, 2.45) is 5.73 Å². The molecule has 0 saturated carbocycles. The number of likely N-dealkylation sites (N-methyl/N-ethyl adjacent to an activating group) is 1. The van der Waals surface area contributed by atoms with Crippen molar-refractivity contribution in [2.75, 3.05) is 26.7 Å². The minimum Gasteiger partial charge on any atom is -0.377 e. The van der Waals surface area contributed by atoms with Crippen LogP contribution >= 0.6 is 0 Å². The lowest BCUT2D eigenvalue weighted by Crippen LogP contribution is -2.36. The lowest BCUT2D eigenvalue weighted by Gasteiger charge is -2.22. The van der Waals surface area contributed by atoms with E-state index in [1.807, 2.05) is 18.2 Å². The third kappa shape index (κ3) is 5.82. The SMILES string of the molecule is CC(CN)N(C)CCCOCc1ccccc1. The Morgan fingerprint density at radius 1 is 1.29 bits per heavy atom. The summed E-state index contributed by atoms with van der Waals surface area (Å²) in [6.07, 6.45) is 1.05. The maximum absolute atomic E-state index is 5.63. The fourth-order valence-electron chi connectivity index (χ4n) is 1.58. The molecule has 17 heavy (non-hydrogen) atoms. The van der Waals surface area contributed by atoms with E-state index >= 15 is 0 Å². The predicted octanol–water partition coefficient (Wildman–Crippen LogP) is 1.87. The monoisotopic (exact) mass is 236 g/mol. The van der Waals surface area contributed by atoms with Crippen LogP contribution in [0.1, 0.15) is 18.9 Å². The Balaban J connectivity index is 2.05. The van der Waals surface area contributed by atoms with Crippen LogP contribution in [0.2, 0.25) is 0 Å². The maximum atomic E-state index is 5.63. The maximum Gasteiger partial charge on any atom is 0.0716 e. The summed E-state index contributed by atoms with van der Waals surface area (Å²) < 4.78 is 5.63. The molecule has 1 unspecified atom stereocenters. The Hall–Kier alpha value is -0.900. The number of nitrogens with two attached hydrogens (primary N) is 1. The highest BCUT2D eigenvalue weighted by atomic mass is 16.5. The predicted molar refractivity (Wildman–Crippen MR) is 71.9 cm³/mol. The first-order chi connectivity index (χ1) is 8.24. The second-order valence-corrected chi connectivity index (χ2v) is 4.46. The third-order valence-electron chi connectivity index (χ3n) is 3.00. The number of hydrogen-bond acceptors (Lipinski definition) is 3. The highest BCUT2D eigenvalue weighted by Crippen LogP contribution is 2.01. The van der Waals surface area contributed by atoms with Gasteiger partial charge >= 0.3 is 0 Å². The van der Waals surface area contributed by atoms with Crippen LogP contribution in [-0.2, 0) is 11.3 Å². The first-order valence-electron chi connectivity index (χ1n) is 6.26. The van der Waals surface area contributed by atoms with Crippen molar-refractivity contribution >= 4 is 0 Å². The first-order valence-corrected chi connectivity index (χ1v) is 6.26. The zero-order valence-electron chi connectivity index (χ0n) is 10.9. The lowest BCUT2D eigenvalue weighted by molar-refractivity contribution is 0.107. The van der Waals surface area contributed by atoms with Gasteiger partial charge in [-0.25, -0.2) is 0 Å². The molecule has 0 aliphatic carbocycles. The molecule has 0 fully saturated rings. The molecular formula is C14H24N2O. The average molecular weight is 236 g/mol. The van der Waals surface area contributed by atoms with Gasteiger partial charge in [-0.15, -0.1) is 0 Å². The van der Waals surface area contributed by atoms with Crippen molar-refractivity contribution < 1.29 is 4.74 Å². The van der Waals surface area contributed by atoms with Crippen molar-refractivity contribution in [3.8, 4) is 0 Å². The standard InChI is InChI=1S/C14H24N2O/c1-13(11-15)16(2)9-6-10-17-12-14-7-4-3-5-8-14/h3-5,7-8,13H,6,9-12,15H2,1-2H3. The van der Waals surface area contributed by atoms with Crippen LogP contribution in [0, 0.1) is 0 Å². The van der Waals surface area contributed by atoms with Gasteiger partial charge in [0.25, 0.3) is 0 Å². The summed E-state index contributed by atoms with van der Waals surface area (Å²) >= 11 is 0. The molecular weight excluding hydrogens is 212 g/mol. The molecule has 0 radical (unpaired) electrons. The van der Waals surface area contributed by atoms with Crippen LogP contribution < -0.4 is 5.73 Å². The van der Waals surface area contributed by atoms with E-state index in [0.717, 1.165) is 19.6 Å². The molecule has 3 nitrogen and oxygen atoms in total. The van der Waals surface area contributed by atoms with E-state index in [0.29, 0.717) is 19.2 Å². The van der Waals surface area contributed by atoms with Crippen LogP contribution in [0.25, 0.3) is 0 Å². The smallest absolute Gasteiger partial charge is 0.0716 e. The molecule has 96 valence electrons. The molecule has 1 rings (SSSR count). The zero-order chi connectivity index (χ0) is 12.5. The van der Waals surface area contributed by atoms with Crippen LogP contribution in [-0.4, -0.2) is 37.7 Å². The molecule has 2 N–H and O–H groups in total. The van der Waals surface area contributed by atoms with Gasteiger partial charge in [0.15, 0.2) is 0 Å². The quantitative estimate of drug-likeness (QED) is 0.700. The first kappa shape index (κ1) is 14.2. The van der Waals surface area contributed by atoms with Crippen LogP contribution in [0.3, 0.4) is 0 Å². The van der Waals surface area contributed by atoms with Gasteiger partial charge in [-0.2, -0.15) is 0 Å². The van der Waals surface area contributed by atoms with Crippen LogP contribution in [0.5, 0.6) is 0 Å². The Bertz CT molecular complexity index is 290. The van der Waals surface area contributed by atoms with E-state index in [4.69, 9.17) is 10.5 Å². The lowest BCUT2D eigenvalue weighted by atomic mass is 10.2. The molecule has 0 saturated heterocycles. The van der Waals surface area contributed by atoms with Gasteiger partial charge in [-0.1, -0.05) is 30.3 Å². The molecule has 0 spiro atoms. The van der Waals surface area contributed by atoms with Gasteiger partial charge in [0.05, 0.1) is 6.61 Å². The largest absolute Gasteiger partial charge is 0.377 e. The minimum atomic E-state index is 0.448. The van der Waals surface area contributed by atoms with E-state index in [2.05, 4.69) is 31.0 Å². The fraction of sp³-hybridized carbons (Fsp3) is 0.571. The molecule has 0 bridgehead atoms. The summed E-state index contributed by atoms with van der Waals surface area (Å²) in [6.45, 7) is 5.40. The molecule has 0 aliphatic rings. The summed E-state index contributed by atoms with van der Waals surface area (Å²) in [6, 6.07) is 10.7. The minimum absolute atomic E-state index is 0.448. The Kier molecular flexibility index (Phi) is 6.86. The van der Waals surface area contributed by atoms with Crippen molar-refractivity contribution in [3.63, 3.8) is 0 Å². The summed E-state index contributed by atoms with van der Waals surface area (Å²) in [5.74, 6) is 0. The zero-order valence-corrected chi connectivity index (χ0v) is 10.9. The van der Waals surface area contributed by atoms with Gasteiger partial charge in [0.2, 0.25) is 0 Å². The molecule has 0 aromatic heterocycles.